The second-order valence-electron chi connectivity index (χ2n) is 2.50. The molecule has 78 valence electrons. The molecule has 1 atom stereocenters. The topological polar surface area (TPSA) is 37.4 Å². The van der Waals surface area contributed by atoms with E-state index in [0.717, 1.165) is 7.05 Å². The third-order valence-electron chi connectivity index (χ3n) is 1.30. The summed E-state index contributed by atoms with van der Waals surface area (Å²) in [5.74, 6) is -1.85. The van der Waals surface area contributed by atoms with Crippen LogP contribution in [0.2, 0.25) is 0 Å². The van der Waals surface area contributed by atoms with E-state index in [1.54, 1.807) is 0 Å². The van der Waals surface area contributed by atoms with Crippen LogP contribution in [0.4, 0.5) is 13.2 Å². The van der Waals surface area contributed by atoms with Crippen LogP contribution in [0.5, 0.6) is 0 Å². The Morgan fingerprint density at radius 1 is 1.46 bits per heavy atom. The predicted molar refractivity (Wildman–Crippen MR) is 42.6 cm³/mol. The van der Waals surface area contributed by atoms with E-state index in [2.05, 4.69) is 0 Å². The molecule has 0 heterocycles. The van der Waals surface area contributed by atoms with E-state index in [0.29, 0.717) is 4.90 Å². The fourth-order valence-electron chi connectivity index (χ4n) is 0.583. The first-order chi connectivity index (χ1) is 5.75. The van der Waals surface area contributed by atoms with E-state index in [9.17, 15) is 22.2 Å². The normalized spacial score (nSPS) is 13.9. The number of rotatable bonds is 3. The molecule has 7 heteroatoms. The Kier molecular flexibility index (Phi) is 4.38. The van der Waals surface area contributed by atoms with Gasteiger partial charge in [-0.15, -0.1) is 0 Å². The average Bonchev–Trinajstić information content (AvgIpc) is 1.96. The number of carbonyl (C=O) groups excluding carboxylic acids is 1. The highest BCUT2D eigenvalue weighted by atomic mass is 32.2. The Hall–Kier alpha value is -0.590. The maximum absolute atomic E-state index is 11.8. The number of nitrogens with zero attached hydrogens (tertiary/aromatic N) is 1. The highest BCUT2D eigenvalue weighted by Crippen LogP contribution is 2.17. The number of alkyl halides is 3. The summed E-state index contributed by atoms with van der Waals surface area (Å²) >= 11 is 0. The van der Waals surface area contributed by atoms with Gasteiger partial charge in [-0.2, -0.15) is 13.2 Å². The van der Waals surface area contributed by atoms with Crippen molar-refractivity contribution in [2.45, 2.75) is 6.18 Å². The van der Waals surface area contributed by atoms with Crippen LogP contribution in [-0.2, 0) is 15.6 Å². The minimum atomic E-state index is -4.84. The summed E-state index contributed by atoms with van der Waals surface area (Å²) in [6.45, 7) is -0.151. The summed E-state index contributed by atoms with van der Waals surface area (Å²) in [7, 11) is -0.160. The number of halogens is 3. The quantitative estimate of drug-likeness (QED) is 0.685. The number of hydrogen-bond acceptors (Lipinski definition) is 2. The highest BCUT2D eigenvalue weighted by Gasteiger charge is 2.40. The van der Waals surface area contributed by atoms with Crippen LogP contribution in [0.3, 0.4) is 0 Å². The van der Waals surface area contributed by atoms with Gasteiger partial charge >= 0.3 is 12.1 Å². The molecule has 0 aliphatic rings. The molecular weight excluding hydrogens is 207 g/mol. The van der Waals surface area contributed by atoms with Crippen molar-refractivity contribution >= 4 is 16.7 Å². The molecule has 0 bridgehead atoms. The molecular formula is C6H10F3NO2S. The predicted octanol–water partition coefficient (Wildman–Crippen LogP) is 0.386. The van der Waals surface area contributed by atoms with Crippen LogP contribution < -0.4 is 0 Å². The molecule has 1 unspecified atom stereocenters. The lowest BCUT2D eigenvalue weighted by molar-refractivity contribution is -0.183. The van der Waals surface area contributed by atoms with Crippen molar-refractivity contribution < 1.29 is 22.2 Å². The summed E-state index contributed by atoms with van der Waals surface area (Å²) in [6, 6.07) is 0. The van der Waals surface area contributed by atoms with Gasteiger partial charge in [0.2, 0.25) is 0 Å². The Labute approximate surface area is 76.4 Å². The maximum atomic E-state index is 11.8. The van der Waals surface area contributed by atoms with Gasteiger partial charge in [0.1, 0.15) is 0 Å². The first-order valence-electron chi connectivity index (χ1n) is 3.37. The van der Waals surface area contributed by atoms with E-state index < -0.39 is 22.9 Å². The molecule has 13 heavy (non-hydrogen) atoms. The van der Waals surface area contributed by atoms with Crippen molar-refractivity contribution in [3.8, 4) is 0 Å². The van der Waals surface area contributed by atoms with Crippen LogP contribution >= 0.6 is 0 Å². The van der Waals surface area contributed by atoms with Crippen molar-refractivity contribution in [3.05, 3.63) is 0 Å². The summed E-state index contributed by atoms with van der Waals surface area (Å²) in [5.41, 5.74) is 0. The van der Waals surface area contributed by atoms with Gasteiger partial charge < -0.3 is 4.90 Å². The van der Waals surface area contributed by atoms with E-state index in [4.69, 9.17) is 0 Å². The third kappa shape index (κ3) is 4.87. The number of hydrogen-bond donors (Lipinski definition) is 0. The first-order valence-corrected chi connectivity index (χ1v) is 5.10. The number of carbonyl (C=O) groups is 1. The Balaban J connectivity index is 4.05. The zero-order valence-electron chi connectivity index (χ0n) is 7.22. The maximum Gasteiger partial charge on any atom is 0.471 e. The van der Waals surface area contributed by atoms with Crippen molar-refractivity contribution in [1.82, 2.24) is 4.90 Å². The fraction of sp³-hybridized carbons (Fsp3) is 0.833. The summed E-state index contributed by atoms with van der Waals surface area (Å²) in [4.78, 5) is 11.0. The molecule has 0 aromatic heterocycles. The van der Waals surface area contributed by atoms with Crippen LogP contribution in [-0.4, -0.2) is 46.8 Å². The molecule has 0 saturated carbocycles. The van der Waals surface area contributed by atoms with Gasteiger partial charge in [-0.05, 0) is 0 Å². The van der Waals surface area contributed by atoms with Crippen molar-refractivity contribution in [1.29, 1.82) is 0 Å². The van der Waals surface area contributed by atoms with Crippen molar-refractivity contribution in [2.24, 2.45) is 0 Å². The van der Waals surface area contributed by atoms with E-state index in [-0.39, 0.29) is 12.3 Å². The van der Waals surface area contributed by atoms with Crippen LogP contribution in [0.15, 0.2) is 0 Å². The fourth-order valence-corrected chi connectivity index (χ4v) is 1.11. The van der Waals surface area contributed by atoms with Crippen LogP contribution in [0.25, 0.3) is 0 Å². The van der Waals surface area contributed by atoms with E-state index in [1.165, 1.54) is 6.26 Å². The largest absolute Gasteiger partial charge is 0.471 e. The smallest absolute Gasteiger partial charge is 0.337 e. The Morgan fingerprint density at radius 2 is 1.92 bits per heavy atom. The monoisotopic (exact) mass is 217 g/mol. The Morgan fingerprint density at radius 3 is 2.23 bits per heavy atom. The Bertz CT molecular complexity index is 216. The second kappa shape index (κ2) is 4.59. The van der Waals surface area contributed by atoms with Gasteiger partial charge in [0, 0.05) is 36.4 Å². The lowest BCUT2D eigenvalue weighted by Gasteiger charge is -2.17. The van der Waals surface area contributed by atoms with Gasteiger partial charge in [-0.25, -0.2) is 0 Å². The summed E-state index contributed by atoms with van der Waals surface area (Å²) in [5, 5.41) is 0. The van der Waals surface area contributed by atoms with Crippen LogP contribution in [0.1, 0.15) is 0 Å². The van der Waals surface area contributed by atoms with Gasteiger partial charge in [-0.1, -0.05) is 0 Å². The molecule has 0 fully saturated rings. The molecule has 3 nitrogen and oxygen atoms in total. The molecule has 0 aromatic rings. The molecule has 0 rings (SSSR count). The second-order valence-corrected chi connectivity index (χ2v) is 4.06. The van der Waals surface area contributed by atoms with Crippen LogP contribution in [0, 0.1) is 0 Å². The van der Waals surface area contributed by atoms with Crippen molar-refractivity contribution in [3.63, 3.8) is 0 Å². The SMILES string of the molecule is CN(CCS(C)=O)C(=O)C(F)(F)F. The van der Waals surface area contributed by atoms with Gasteiger partial charge in [0.15, 0.2) is 0 Å². The minimum absolute atomic E-state index is 0.0539. The average molecular weight is 217 g/mol. The molecule has 0 aliphatic carbocycles. The lowest BCUT2D eigenvalue weighted by atomic mass is 10.5. The minimum Gasteiger partial charge on any atom is -0.337 e. The van der Waals surface area contributed by atoms with Gasteiger partial charge in [0.05, 0.1) is 0 Å². The first kappa shape index (κ1) is 12.4. The van der Waals surface area contributed by atoms with E-state index >= 15 is 0 Å². The molecule has 0 aromatic carbocycles. The third-order valence-corrected chi connectivity index (χ3v) is 2.06. The number of amides is 1. The van der Waals surface area contributed by atoms with Gasteiger partial charge in [-0.3, -0.25) is 9.00 Å². The molecule has 0 spiro atoms. The summed E-state index contributed by atoms with van der Waals surface area (Å²) in [6.07, 6.45) is -3.48. The zero-order valence-corrected chi connectivity index (χ0v) is 8.04. The highest BCUT2D eigenvalue weighted by molar-refractivity contribution is 7.84. The lowest BCUT2D eigenvalue weighted by Crippen LogP contribution is -2.40. The molecule has 0 radical (unpaired) electrons. The zero-order chi connectivity index (χ0) is 10.6. The van der Waals surface area contributed by atoms with Crippen molar-refractivity contribution in [2.75, 3.05) is 25.6 Å². The molecule has 0 saturated heterocycles. The molecule has 0 N–H and O–H groups in total. The van der Waals surface area contributed by atoms with Gasteiger partial charge in [0.25, 0.3) is 0 Å². The standard InChI is InChI=1S/C6H10F3NO2S/c1-10(3-4-13(2)12)5(11)6(7,8)9/h3-4H2,1-2H3. The van der Waals surface area contributed by atoms with E-state index in [1.807, 2.05) is 0 Å². The summed E-state index contributed by atoms with van der Waals surface area (Å²) < 4.78 is 45.8. The molecule has 0 aliphatic heterocycles. The molecule has 1 amide bonds.